The van der Waals surface area contributed by atoms with Crippen LogP contribution in [0.1, 0.15) is 85.9 Å². The van der Waals surface area contributed by atoms with Gasteiger partial charge in [-0.15, -0.1) is 0 Å². The molecule has 1 aliphatic heterocycles. The summed E-state index contributed by atoms with van der Waals surface area (Å²) in [6, 6.07) is 7.06. The highest BCUT2D eigenvalue weighted by atomic mass is 79.9. The van der Waals surface area contributed by atoms with Crippen LogP contribution in [0.25, 0.3) is 10.9 Å². The van der Waals surface area contributed by atoms with E-state index in [-0.39, 0.29) is 41.7 Å². The topological polar surface area (TPSA) is 144 Å². The number of hydrazine groups is 1. The van der Waals surface area contributed by atoms with Gasteiger partial charge < -0.3 is 20.6 Å². The molecule has 3 rings (SSSR count). The summed E-state index contributed by atoms with van der Waals surface area (Å²) >= 11 is 3.47. The minimum atomic E-state index is -0.892. The Kier molecular flexibility index (Phi) is 12.9. The van der Waals surface area contributed by atoms with Gasteiger partial charge in [-0.05, 0) is 69.1 Å². The third kappa shape index (κ3) is 9.46. The summed E-state index contributed by atoms with van der Waals surface area (Å²) in [6.07, 6.45) is 2.39. The molecule has 2 aromatic rings. The van der Waals surface area contributed by atoms with E-state index in [4.69, 9.17) is 4.98 Å². The van der Waals surface area contributed by atoms with Crippen LogP contribution in [-0.2, 0) is 19.2 Å². The van der Waals surface area contributed by atoms with Gasteiger partial charge in [0.2, 0.25) is 17.7 Å². The lowest BCUT2D eigenvalue weighted by Crippen LogP contribution is -2.62. The van der Waals surface area contributed by atoms with Gasteiger partial charge in [-0.1, -0.05) is 55.8 Å². The number of pyridine rings is 1. The number of aromatic nitrogens is 1. The predicted molar refractivity (Wildman–Crippen MR) is 178 cm³/mol. The van der Waals surface area contributed by atoms with Crippen molar-refractivity contribution in [1.82, 2.24) is 31.0 Å². The van der Waals surface area contributed by atoms with Gasteiger partial charge in [0, 0.05) is 36.5 Å². The van der Waals surface area contributed by atoms with Crippen molar-refractivity contribution in [1.29, 1.82) is 0 Å². The second-order valence-electron chi connectivity index (χ2n) is 12.8. The summed E-state index contributed by atoms with van der Waals surface area (Å²) in [5.41, 5.74) is 4.24. The molecule has 5 atom stereocenters. The predicted octanol–water partition coefficient (Wildman–Crippen LogP) is 3.85. The van der Waals surface area contributed by atoms with E-state index in [0.29, 0.717) is 32.4 Å². The Hall–Kier alpha value is -3.09. The number of halogens is 1. The number of amides is 4. The van der Waals surface area contributed by atoms with E-state index in [1.807, 2.05) is 65.0 Å². The van der Waals surface area contributed by atoms with Crippen LogP contribution in [0.5, 0.6) is 0 Å². The standard InChI is InChI=1S/C33H49BrN6O5/c1-8-33(7,15-17-41)19-39(23(6)42)29(20(2)3)31(44)36-22(5)32(45)40-16-9-10-27(38-40)30(43)35-21(4)26-14-12-24-11-13-25(34)18-28(24)37-26/h11-14,18,20-22,27,29,38,41H,8-10,15-17,19H2,1-7H3,(H,35,43)(H,36,44)/t21-,22+,27+,29+,33+/m1/s1. The summed E-state index contributed by atoms with van der Waals surface area (Å²) in [6.45, 7) is 13.3. The fraction of sp³-hybridized carbons (Fsp3) is 0.606. The lowest BCUT2D eigenvalue weighted by Gasteiger charge is -2.40. The third-order valence-corrected chi connectivity index (χ3v) is 9.23. The van der Waals surface area contributed by atoms with Gasteiger partial charge in [-0.3, -0.25) is 29.2 Å². The lowest BCUT2D eigenvalue weighted by molar-refractivity contribution is -0.146. The average molecular weight is 690 g/mol. The second kappa shape index (κ2) is 16.0. The molecule has 12 heteroatoms. The first-order valence-electron chi connectivity index (χ1n) is 15.8. The molecular weight excluding hydrogens is 640 g/mol. The molecule has 2 heterocycles. The molecular formula is C33H49BrN6O5. The molecule has 1 saturated heterocycles. The van der Waals surface area contributed by atoms with Gasteiger partial charge in [0.05, 0.1) is 17.3 Å². The molecule has 1 aromatic carbocycles. The number of carbonyl (C=O) groups is 4. The summed E-state index contributed by atoms with van der Waals surface area (Å²) in [5.74, 6) is -1.49. The lowest BCUT2D eigenvalue weighted by atomic mass is 9.82. The number of aliphatic hydroxyl groups excluding tert-OH is 1. The van der Waals surface area contributed by atoms with Crippen molar-refractivity contribution >= 4 is 50.5 Å². The van der Waals surface area contributed by atoms with Gasteiger partial charge in [-0.25, -0.2) is 5.43 Å². The van der Waals surface area contributed by atoms with E-state index in [9.17, 15) is 24.3 Å². The molecule has 1 aromatic heterocycles. The van der Waals surface area contributed by atoms with Gasteiger partial charge in [0.15, 0.2) is 0 Å². The maximum absolute atomic E-state index is 13.6. The Morgan fingerprint density at radius 3 is 2.47 bits per heavy atom. The minimum absolute atomic E-state index is 0.0145. The number of aliphatic hydroxyl groups is 1. The highest BCUT2D eigenvalue weighted by Crippen LogP contribution is 2.29. The minimum Gasteiger partial charge on any atom is -0.396 e. The molecule has 1 aliphatic rings. The molecule has 0 aliphatic carbocycles. The number of nitrogens with one attached hydrogen (secondary N) is 3. The number of benzene rings is 1. The van der Waals surface area contributed by atoms with Crippen LogP contribution >= 0.6 is 15.9 Å². The van der Waals surface area contributed by atoms with Crippen molar-refractivity contribution in [2.75, 3.05) is 19.7 Å². The molecule has 1 fully saturated rings. The van der Waals surface area contributed by atoms with E-state index in [2.05, 4.69) is 32.0 Å². The Bertz CT molecular complexity index is 1370. The van der Waals surface area contributed by atoms with Crippen molar-refractivity contribution in [3.05, 3.63) is 40.5 Å². The van der Waals surface area contributed by atoms with Crippen LogP contribution in [0, 0.1) is 11.3 Å². The van der Waals surface area contributed by atoms with Gasteiger partial charge in [0.25, 0.3) is 5.91 Å². The number of nitrogens with zero attached hydrogens (tertiary/aromatic N) is 3. The monoisotopic (exact) mass is 688 g/mol. The smallest absolute Gasteiger partial charge is 0.258 e. The highest BCUT2D eigenvalue weighted by Gasteiger charge is 2.38. The fourth-order valence-electron chi connectivity index (χ4n) is 5.72. The molecule has 4 amide bonds. The number of hydrogen-bond donors (Lipinski definition) is 4. The highest BCUT2D eigenvalue weighted by molar-refractivity contribution is 9.10. The molecule has 0 spiro atoms. The molecule has 11 nitrogen and oxygen atoms in total. The fourth-order valence-corrected chi connectivity index (χ4v) is 6.07. The summed E-state index contributed by atoms with van der Waals surface area (Å²) in [7, 11) is 0. The average Bonchev–Trinajstić information content (AvgIpc) is 2.99. The Labute approximate surface area is 275 Å². The van der Waals surface area contributed by atoms with Crippen molar-refractivity contribution in [3.63, 3.8) is 0 Å². The van der Waals surface area contributed by atoms with E-state index in [0.717, 1.165) is 27.5 Å². The van der Waals surface area contributed by atoms with E-state index < -0.39 is 24.0 Å². The Morgan fingerprint density at radius 2 is 1.84 bits per heavy atom. The van der Waals surface area contributed by atoms with Crippen molar-refractivity contribution in [3.8, 4) is 0 Å². The van der Waals surface area contributed by atoms with E-state index in [1.54, 1.807) is 11.8 Å². The zero-order valence-electron chi connectivity index (χ0n) is 27.5. The van der Waals surface area contributed by atoms with Crippen LogP contribution in [0.15, 0.2) is 34.8 Å². The van der Waals surface area contributed by atoms with Crippen molar-refractivity contribution in [2.24, 2.45) is 11.3 Å². The first-order chi connectivity index (χ1) is 21.2. The van der Waals surface area contributed by atoms with Gasteiger partial charge in [0.1, 0.15) is 18.1 Å². The molecule has 45 heavy (non-hydrogen) atoms. The maximum Gasteiger partial charge on any atom is 0.258 e. The number of carbonyl (C=O) groups excluding carboxylic acids is 4. The van der Waals surface area contributed by atoms with Crippen LogP contribution < -0.4 is 16.1 Å². The number of fused-ring (bicyclic) bond motifs is 1. The number of hydrogen-bond acceptors (Lipinski definition) is 7. The summed E-state index contributed by atoms with van der Waals surface area (Å²) in [4.78, 5) is 59.3. The Balaban J connectivity index is 1.64. The number of rotatable bonds is 13. The molecule has 0 radical (unpaired) electrons. The van der Waals surface area contributed by atoms with Crippen molar-refractivity contribution < 1.29 is 24.3 Å². The van der Waals surface area contributed by atoms with Crippen molar-refractivity contribution in [2.45, 2.75) is 98.3 Å². The van der Waals surface area contributed by atoms with E-state index >= 15 is 0 Å². The zero-order valence-corrected chi connectivity index (χ0v) is 29.1. The summed E-state index contributed by atoms with van der Waals surface area (Å²) in [5, 5.41) is 17.8. The molecule has 0 unspecified atom stereocenters. The molecule has 0 bridgehead atoms. The largest absolute Gasteiger partial charge is 0.396 e. The normalized spacial score (nSPS) is 18.5. The zero-order chi connectivity index (χ0) is 33.5. The molecule has 4 N–H and O–H groups in total. The maximum atomic E-state index is 13.6. The molecule has 248 valence electrons. The quantitative estimate of drug-likeness (QED) is 0.250. The van der Waals surface area contributed by atoms with E-state index in [1.165, 1.54) is 11.9 Å². The first-order valence-corrected chi connectivity index (χ1v) is 16.6. The molecule has 0 saturated carbocycles. The van der Waals surface area contributed by atoms with Gasteiger partial charge in [-0.2, -0.15) is 0 Å². The third-order valence-electron chi connectivity index (χ3n) is 8.74. The van der Waals surface area contributed by atoms with Gasteiger partial charge >= 0.3 is 0 Å². The SMILES string of the molecule is CC[C@@](C)(CCO)CN(C(C)=O)[C@H](C(=O)N[C@@H](C)C(=O)N1CCC[C@@H](C(=O)N[C@H](C)c2ccc3ccc(Br)cc3n2)N1)C(C)C. The van der Waals surface area contributed by atoms with Crippen LogP contribution in [-0.4, -0.2) is 81.4 Å². The van der Waals surface area contributed by atoms with Crippen LogP contribution in [0.2, 0.25) is 0 Å². The first kappa shape index (κ1) is 36.4. The second-order valence-corrected chi connectivity index (χ2v) is 13.7. The van der Waals surface area contributed by atoms with Crippen LogP contribution in [0.3, 0.4) is 0 Å². The summed E-state index contributed by atoms with van der Waals surface area (Å²) < 4.78 is 0.923. The van der Waals surface area contributed by atoms with Crippen LogP contribution in [0.4, 0.5) is 0 Å². The Morgan fingerprint density at radius 1 is 1.16 bits per heavy atom.